The van der Waals surface area contributed by atoms with Crippen molar-refractivity contribution in [1.82, 2.24) is 4.90 Å². The van der Waals surface area contributed by atoms with Crippen molar-refractivity contribution in [2.45, 2.75) is 45.1 Å². The molecule has 3 atom stereocenters. The number of rotatable bonds is 7. The number of ether oxygens (including phenoxy) is 1. The van der Waals surface area contributed by atoms with Crippen LogP contribution in [0.15, 0.2) is 42.1 Å². The van der Waals surface area contributed by atoms with Gasteiger partial charge >= 0.3 is 5.97 Å². The molecule has 0 saturated heterocycles. The fraction of sp³-hybridized carbons (Fsp3) is 0.524. The fourth-order valence-electron chi connectivity index (χ4n) is 4.04. The molecule has 0 amide bonds. The van der Waals surface area contributed by atoms with Crippen molar-refractivity contribution < 1.29 is 14.3 Å². The molecule has 4 heteroatoms. The van der Waals surface area contributed by atoms with E-state index in [9.17, 15) is 9.59 Å². The van der Waals surface area contributed by atoms with Crippen LogP contribution in [0.5, 0.6) is 0 Å². The van der Waals surface area contributed by atoms with Crippen LogP contribution in [-0.2, 0) is 20.7 Å². The zero-order chi connectivity index (χ0) is 17.8. The number of methoxy groups -OCH3 is 1. The van der Waals surface area contributed by atoms with Gasteiger partial charge in [-0.15, -0.1) is 0 Å². The second-order valence-corrected chi connectivity index (χ2v) is 7.13. The van der Waals surface area contributed by atoms with E-state index in [2.05, 4.69) is 13.1 Å². The summed E-state index contributed by atoms with van der Waals surface area (Å²) < 4.78 is 5.03. The molecule has 134 valence electrons. The van der Waals surface area contributed by atoms with Gasteiger partial charge in [0.15, 0.2) is 0 Å². The summed E-state index contributed by atoms with van der Waals surface area (Å²) in [4.78, 5) is 27.0. The highest BCUT2D eigenvalue weighted by Gasteiger charge is 2.43. The van der Waals surface area contributed by atoms with E-state index >= 15 is 0 Å². The quantitative estimate of drug-likeness (QED) is 0.714. The van der Waals surface area contributed by atoms with Gasteiger partial charge in [-0.3, -0.25) is 4.79 Å². The van der Waals surface area contributed by atoms with Gasteiger partial charge in [0.2, 0.25) is 0 Å². The smallest absolute Gasteiger partial charge is 0.328 e. The van der Waals surface area contributed by atoms with Gasteiger partial charge in [0.25, 0.3) is 0 Å². The molecule has 1 aromatic rings. The predicted octanol–water partition coefficient (Wildman–Crippen LogP) is 3.37. The highest BCUT2D eigenvalue weighted by Crippen LogP contribution is 2.40. The predicted molar refractivity (Wildman–Crippen MR) is 96.9 cm³/mol. The zero-order valence-corrected chi connectivity index (χ0v) is 15.1. The van der Waals surface area contributed by atoms with E-state index in [0.29, 0.717) is 18.7 Å². The molecule has 1 aromatic carbocycles. The number of carbonyl (C=O) groups excluding carboxylic acids is 2. The van der Waals surface area contributed by atoms with E-state index < -0.39 is 0 Å². The summed E-state index contributed by atoms with van der Waals surface area (Å²) in [6.07, 6.45) is 6.74. The summed E-state index contributed by atoms with van der Waals surface area (Å²) in [5.74, 6) is 0.287. The molecule has 0 aromatic heterocycles. The minimum atomic E-state index is -0.368. The number of Topliss-reactive ketones (excluding diaryl/α,β-unsaturated/α-hetero) is 1. The second-order valence-electron chi connectivity index (χ2n) is 7.13. The molecule has 1 aliphatic carbocycles. The first-order valence-electron chi connectivity index (χ1n) is 9.25. The third-order valence-electron chi connectivity index (χ3n) is 5.45. The number of hydrogen-bond donors (Lipinski definition) is 0. The van der Waals surface area contributed by atoms with Crippen molar-refractivity contribution in [2.75, 3.05) is 13.7 Å². The normalized spacial score (nSPS) is 23.4. The van der Waals surface area contributed by atoms with Gasteiger partial charge in [-0.05, 0) is 30.2 Å². The largest absolute Gasteiger partial charge is 0.467 e. The van der Waals surface area contributed by atoms with Crippen molar-refractivity contribution >= 4 is 11.8 Å². The molecule has 3 rings (SSSR count). The lowest BCUT2D eigenvalue weighted by Gasteiger charge is -2.27. The van der Waals surface area contributed by atoms with Crippen LogP contribution in [0.3, 0.4) is 0 Å². The van der Waals surface area contributed by atoms with E-state index in [4.69, 9.17) is 4.74 Å². The molecule has 1 unspecified atom stereocenters. The van der Waals surface area contributed by atoms with Crippen LogP contribution in [0.25, 0.3) is 0 Å². The average Bonchev–Trinajstić information content (AvgIpc) is 3.17. The Hall–Kier alpha value is -2.10. The number of nitrogens with zero attached hydrogens (tertiary/aromatic N) is 1. The van der Waals surface area contributed by atoms with Crippen LogP contribution in [0, 0.1) is 11.8 Å². The van der Waals surface area contributed by atoms with Gasteiger partial charge in [-0.2, -0.15) is 0 Å². The molecule has 2 aliphatic rings. The van der Waals surface area contributed by atoms with E-state index in [1.165, 1.54) is 12.7 Å². The maximum atomic E-state index is 12.7. The summed E-state index contributed by atoms with van der Waals surface area (Å²) in [5, 5.41) is 0. The molecular weight excluding hydrogens is 314 g/mol. The number of fused-ring (bicyclic) bond motifs is 1. The summed E-state index contributed by atoms with van der Waals surface area (Å²) in [6, 6.07) is 9.59. The number of unbranched alkanes of at least 4 members (excludes halogenated alkanes) is 1. The summed E-state index contributed by atoms with van der Waals surface area (Å²) in [5.41, 5.74) is 2.30. The van der Waals surface area contributed by atoms with E-state index in [-0.39, 0.29) is 23.8 Å². The molecule has 0 spiro atoms. The first kappa shape index (κ1) is 17.7. The summed E-state index contributed by atoms with van der Waals surface area (Å²) in [7, 11) is 1.43. The van der Waals surface area contributed by atoms with Crippen LogP contribution < -0.4 is 0 Å². The first-order valence-corrected chi connectivity index (χ1v) is 9.25. The lowest BCUT2D eigenvalue weighted by atomic mass is 9.97. The van der Waals surface area contributed by atoms with Crippen molar-refractivity contribution in [3.05, 3.63) is 47.7 Å². The van der Waals surface area contributed by atoms with Crippen LogP contribution >= 0.6 is 0 Å². The number of hydrogen-bond acceptors (Lipinski definition) is 4. The standard InChI is InChI=1S/C21H27NO3/c1-3-4-10-16-12-17-13-22(14-18(17)20(16)23)19(21(24)25-2)11-15-8-6-5-7-9-15/h5-9,13,16,18-19H,3-4,10-12,14H2,1-2H3/t16?,18-,19-/m0/s1. The molecule has 1 heterocycles. The minimum Gasteiger partial charge on any atom is -0.467 e. The Balaban J connectivity index is 1.73. The Morgan fingerprint density at radius 1 is 1.32 bits per heavy atom. The molecule has 0 bridgehead atoms. The molecule has 1 aliphatic heterocycles. The lowest BCUT2D eigenvalue weighted by molar-refractivity contribution is -0.146. The molecule has 1 fully saturated rings. The van der Waals surface area contributed by atoms with Crippen molar-refractivity contribution in [2.24, 2.45) is 11.8 Å². The van der Waals surface area contributed by atoms with E-state index in [0.717, 1.165) is 31.2 Å². The average molecular weight is 341 g/mol. The van der Waals surface area contributed by atoms with Crippen LogP contribution in [0.4, 0.5) is 0 Å². The summed E-state index contributed by atoms with van der Waals surface area (Å²) >= 11 is 0. The number of ketones is 1. The maximum absolute atomic E-state index is 12.7. The Morgan fingerprint density at radius 2 is 2.08 bits per heavy atom. The number of esters is 1. The van der Waals surface area contributed by atoms with Crippen molar-refractivity contribution in [1.29, 1.82) is 0 Å². The van der Waals surface area contributed by atoms with Gasteiger partial charge in [0.05, 0.1) is 13.0 Å². The Labute approximate surface area is 149 Å². The maximum Gasteiger partial charge on any atom is 0.328 e. The van der Waals surface area contributed by atoms with E-state index in [1.54, 1.807) is 0 Å². The SMILES string of the molecule is CCCCC1CC2=CN([C@@H](Cc3ccccc3)C(=O)OC)C[C@@H]2C1=O. The first-order chi connectivity index (χ1) is 12.1. The Bertz CT molecular complexity index is 652. The molecule has 25 heavy (non-hydrogen) atoms. The fourth-order valence-corrected chi connectivity index (χ4v) is 4.04. The van der Waals surface area contributed by atoms with Crippen LogP contribution in [-0.4, -0.2) is 36.3 Å². The third-order valence-corrected chi connectivity index (χ3v) is 5.45. The summed E-state index contributed by atoms with van der Waals surface area (Å²) in [6.45, 7) is 2.77. The molecule has 1 saturated carbocycles. The monoisotopic (exact) mass is 341 g/mol. The molecule has 4 nitrogen and oxygen atoms in total. The highest BCUT2D eigenvalue weighted by atomic mass is 16.5. The second kappa shape index (κ2) is 7.85. The van der Waals surface area contributed by atoms with Gasteiger partial charge in [-0.1, -0.05) is 50.1 Å². The topological polar surface area (TPSA) is 46.6 Å². The van der Waals surface area contributed by atoms with E-state index in [1.807, 2.05) is 35.2 Å². The number of carbonyl (C=O) groups is 2. The van der Waals surface area contributed by atoms with Gasteiger partial charge in [0, 0.05) is 18.9 Å². The Morgan fingerprint density at radius 3 is 2.72 bits per heavy atom. The highest BCUT2D eigenvalue weighted by molar-refractivity contribution is 5.90. The van der Waals surface area contributed by atoms with Crippen molar-refractivity contribution in [3.8, 4) is 0 Å². The third kappa shape index (κ3) is 3.78. The molecular formula is C21H27NO3. The molecule has 0 radical (unpaired) electrons. The minimum absolute atomic E-state index is 0.0233. The lowest BCUT2D eigenvalue weighted by Crippen LogP contribution is -2.41. The molecule has 0 N–H and O–H groups in total. The number of benzene rings is 1. The van der Waals surface area contributed by atoms with Gasteiger partial charge in [-0.25, -0.2) is 4.79 Å². The van der Waals surface area contributed by atoms with Gasteiger partial charge < -0.3 is 9.64 Å². The van der Waals surface area contributed by atoms with Crippen LogP contribution in [0.2, 0.25) is 0 Å². The van der Waals surface area contributed by atoms with Gasteiger partial charge in [0.1, 0.15) is 11.8 Å². The zero-order valence-electron chi connectivity index (χ0n) is 15.1. The van der Waals surface area contributed by atoms with Crippen LogP contribution in [0.1, 0.15) is 38.2 Å². The Kier molecular flexibility index (Phi) is 5.57. The van der Waals surface area contributed by atoms with Crippen molar-refractivity contribution in [3.63, 3.8) is 0 Å².